The Labute approximate surface area is 98.7 Å². The zero-order valence-corrected chi connectivity index (χ0v) is 10.8. The molecule has 1 aromatic carbocycles. The fourth-order valence-corrected chi connectivity index (χ4v) is 2.04. The van der Waals surface area contributed by atoms with E-state index in [9.17, 15) is 0 Å². The highest BCUT2D eigenvalue weighted by molar-refractivity contribution is 9.10. The first-order valence-corrected chi connectivity index (χ1v) is 5.82. The van der Waals surface area contributed by atoms with E-state index in [4.69, 9.17) is 0 Å². The Morgan fingerprint density at radius 1 is 1.20 bits per heavy atom. The summed E-state index contributed by atoms with van der Waals surface area (Å²) in [6.45, 7) is 6.54. The van der Waals surface area contributed by atoms with E-state index in [1.54, 1.807) is 0 Å². The summed E-state index contributed by atoms with van der Waals surface area (Å²) in [5.41, 5.74) is 1.23. The molecule has 0 atom stereocenters. The summed E-state index contributed by atoms with van der Waals surface area (Å²) >= 11 is 3.57. The lowest BCUT2D eigenvalue weighted by atomic mass is 9.91. The van der Waals surface area contributed by atoms with Crippen molar-refractivity contribution >= 4 is 26.7 Å². The predicted molar refractivity (Wildman–Crippen MR) is 68.1 cm³/mol. The third kappa shape index (κ3) is 2.05. The van der Waals surface area contributed by atoms with Crippen LogP contribution in [0.3, 0.4) is 0 Å². The van der Waals surface area contributed by atoms with Gasteiger partial charge in [-0.3, -0.25) is 4.98 Å². The largest absolute Gasteiger partial charge is 0.260 e. The van der Waals surface area contributed by atoms with E-state index in [1.165, 1.54) is 10.8 Å². The first-order valence-electron chi connectivity index (χ1n) is 5.03. The van der Waals surface area contributed by atoms with Crippen molar-refractivity contribution in [2.45, 2.75) is 26.2 Å². The minimum absolute atomic E-state index is 0.101. The molecule has 1 nitrogen and oxygen atoms in total. The fraction of sp³-hybridized carbons (Fsp3) is 0.308. The lowest BCUT2D eigenvalue weighted by molar-refractivity contribution is 0.570. The third-order valence-corrected chi connectivity index (χ3v) is 3.17. The molecule has 2 aromatic rings. The molecular formula is C13H14BrN. The van der Waals surface area contributed by atoms with Gasteiger partial charge in [-0.2, -0.15) is 0 Å². The van der Waals surface area contributed by atoms with Crippen LogP contribution in [-0.2, 0) is 5.41 Å². The van der Waals surface area contributed by atoms with Gasteiger partial charge in [0.1, 0.15) is 0 Å². The van der Waals surface area contributed by atoms with Gasteiger partial charge in [-0.1, -0.05) is 48.8 Å². The zero-order chi connectivity index (χ0) is 11.1. The molecule has 1 aromatic heterocycles. The summed E-state index contributed by atoms with van der Waals surface area (Å²) in [6.07, 6.45) is 1.95. The molecule has 2 rings (SSSR count). The van der Waals surface area contributed by atoms with Gasteiger partial charge in [0, 0.05) is 27.2 Å². The van der Waals surface area contributed by atoms with Gasteiger partial charge in [-0.25, -0.2) is 0 Å². The van der Waals surface area contributed by atoms with Crippen LogP contribution in [0, 0.1) is 0 Å². The highest BCUT2D eigenvalue weighted by atomic mass is 79.9. The van der Waals surface area contributed by atoms with Crippen molar-refractivity contribution in [2.75, 3.05) is 0 Å². The number of nitrogens with zero attached hydrogens (tertiary/aromatic N) is 1. The Bertz CT molecular complexity index is 497. The second-order valence-corrected chi connectivity index (χ2v) is 5.63. The number of halogens is 1. The molecule has 2 heteroatoms. The second-order valence-electron chi connectivity index (χ2n) is 4.78. The van der Waals surface area contributed by atoms with Crippen molar-refractivity contribution in [3.8, 4) is 0 Å². The SMILES string of the molecule is CC(C)(C)c1cc2c(Br)cccc2cn1. The molecule has 0 aliphatic carbocycles. The van der Waals surface area contributed by atoms with Crippen molar-refractivity contribution in [1.29, 1.82) is 0 Å². The first-order chi connectivity index (χ1) is 6.98. The number of aromatic nitrogens is 1. The van der Waals surface area contributed by atoms with Crippen molar-refractivity contribution < 1.29 is 0 Å². The molecule has 0 saturated carbocycles. The van der Waals surface area contributed by atoms with Crippen LogP contribution in [0.1, 0.15) is 26.5 Å². The molecule has 0 amide bonds. The van der Waals surface area contributed by atoms with Crippen LogP contribution in [0.15, 0.2) is 34.9 Å². The molecule has 0 spiro atoms. The van der Waals surface area contributed by atoms with Gasteiger partial charge in [0.05, 0.1) is 0 Å². The van der Waals surface area contributed by atoms with E-state index in [2.05, 4.69) is 59.9 Å². The Balaban J connectivity index is 2.70. The predicted octanol–water partition coefficient (Wildman–Crippen LogP) is 4.29. The summed E-state index contributed by atoms with van der Waals surface area (Å²) in [6, 6.07) is 8.35. The molecule has 0 unspecified atom stereocenters. The summed E-state index contributed by atoms with van der Waals surface area (Å²) in [4.78, 5) is 4.50. The van der Waals surface area contributed by atoms with Crippen LogP contribution in [-0.4, -0.2) is 4.98 Å². The lowest BCUT2D eigenvalue weighted by Crippen LogP contribution is -2.13. The van der Waals surface area contributed by atoms with Crippen LogP contribution in [0.5, 0.6) is 0 Å². The van der Waals surface area contributed by atoms with Gasteiger partial charge in [0.15, 0.2) is 0 Å². The standard InChI is InChI=1S/C13H14BrN/c1-13(2,3)12-7-10-9(8-15-12)5-4-6-11(10)14/h4-8H,1-3H3. The maximum atomic E-state index is 4.50. The molecule has 0 fully saturated rings. The third-order valence-electron chi connectivity index (χ3n) is 2.48. The number of pyridine rings is 1. The summed E-state index contributed by atoms with van der Waals surface area (Å²) in [5, 5.41) is 2.41. The van der Waals surface area contributed by atoms with E-state index in [0.29, 0.717) is 0 Å². The van der Waals surface area contributed by atoms with Crippen molar-refractivity contribution in [3.63, 3.8) is 0 Å². The smallest absolute Gasteiger partial charge is 0.0463 e. The van der Waals surface area contributed by atoms with Gasteiger partial charge in [-0.15, -0.1) is 0 Å². The molecule has 0 aliphatic rings. The fourth-order valence-electron chi connectivity index (χ4n) is 1.54. The maximum absolute atomic E-state index is 4.50. The van der Waals surface area contributed by atoms with Crippen LogP contribution in [0.25, 0.3) is 10.8 Å². The number of fused-ring (bicyclic) bond motifs is 1. The number of hydrogen-bond acceptors (Lipinski definition) is 1. The van der Waals surface area contributed by atoms with E-state index in [-0.39, 0.29) is 5.41 Å². The van der Waals surface area contributed by atoms with Gasteiger partial charge in [0.25, 0.3) is 0 Å². The van der Waals surface area contributed by atoms with Crippen LogP contribution in [0.4, 0.5) is 0 Å². The Hall–Kier alpha value is -0.890. The van der Waals surface area contributed by atoms with E-state index in [1.807, 2.05) is 12.3 Å². The minimum atomic E-state index is 0.101. The Kier molecular flexibility index (Phi) is 2.55. The summed E-state index contributed by atoms with van der Waals surface area (Å²) < 4.78 is 1.13. The van der Waals surface area contributed by atoms with Crippen LogP contribution < -0.4 is 0 Å². The minimum Gasteiger partial charge on any atom is -0.260 e. The summed E-state index contributed by atoms with van der Waals surface area (Å²) in [5.74, 6) is 0. The number of hydrogen-bond donors (Lipinski definition) is 0. The maximum Gasteiger partial charge on any atom is 0.0463 e. The molecule has 0 radical (unpaired) electrons. The zero-order valence-electron chi connectivity index (χ0n) is 9.21. The van der Waals surface area contributed by atoms with Gasteiger partial charge in [0.2, 0.25) is 0 Å². The molecule has 78 valence electrons. The molecular weight excluding hydrogens is 250 g/mol. The van der Waals surface area contributed by atoms with Gasteiger partial charge in [-0.05, 0) is 17.5 Å². The van der Waals surface area contributed by atoms with Crippen molar-refractivity contribution in [2.24, 2.45) is 0 Å². The highest BCUT2D eigenvalue weighted by Crippen LogP contribution is 2.28. The summed E-state index contributed by atoms with van der Waals surface area (Å²) in [7, 11) is 0. The molecule has 0 N–H and O–H groups in total. The molecule has 0 saturated heterocycles. The van der Waals surface area contributed by atoms with Crippen LogP contribution in [0.2, 0.25) is 0 Å². The van der Waals surface area contributed by atoms with E-state index >= 15 is 0 Å². The van der Waals surface area contributed by atoms with Crippen molar-refractivity contribution in [3.05, 3.63) is 40.6 Å². The normalized spacial score (nSPS) is 12.0. The van der Waals surface area contributed by atoms with Crippen LogP contribution >= 0.6 is 15.9 Å². The topological polar surface area (TPSA) is 12.9 Å². The van der Waals surface area contributed by atoms with Gasteiger partial charge >= 0.3 is 0 Å². The first kappa shape index (κ1) is 10.6. The molecule has 0 aliphatic heterocycles. The Morgan fingerprint density at radius 3 is 2.60 bits per heavy atom. The Morgan fingerprint density at radius 2 is 1.93 bits per heavy atom. The molecule has 15 heavy (non-hydrogen) atoms. The van der Waals surface area contributed by atoms with E-state index in [0.717, 1.165) is 10.2 Å². The number of benzene rings is 1. The monoisotopic (exact) mass is 263 g/mol. The molecule has 0 bridgehead atoms. The average Bonchev–Trinajstić information content (AvgIpc) is 2.16. The quantitative estimate of drug-likeness (QED) is 0.691. The van der Waals surface area contributed by atoms with Crippen molar-refractivity contribution in [1.82, 2.24) is 4.98 Å². The lowest BCUT2D eigenvalue weighted by Gasteiger charge is -2.18. The number of rotatable bonds is 0. The average molecular weight is 264 g/mol. The van der Waals surface area contributed by atoms with E-state index < -0.39 is 0 Å². The van der Waals surface area contributed by atoms with Gasteiger partial charge < -0.3 is 0 Å². The molecule has 1 heterocycles. The highest BCUT2D eigenvalue weighted by Gasteiger charge is 2.15. The second kappa shape index (κ2) is 3.60.